The second kappa shape index (κ2) is 6.29. The molecule has 2 rings (SSSR count). The van der Waals surface area contributed by atoms with Gasteiger partial charge in [-0.3, -0.25) is 4.79 Å². The molecule has 0 spiro atoms. The van der Waals surface area contributed by atoms with Gasteiger partial charge in [-0.25, -0.2) is 0 Å². The first-order valence-corrected chi connectivity index (χ1v) is 6.70. The Kier molecular flexibility index (Phi) is 4.46. The number of phenols is 1. The number of carbonyl (C=O) groups excluding carboxylic acids is 1. The second-order valence-corrected chi connectivity index (χ2v) is 4.92. The van der Waals surface area contributed by atoms with Crippen LogP contribution in [0.4, 0.5) is 0 Å². The summed E-state index contributed by atoms with van der Waals surface area (Å²) >= 11 is 0. The number of methoxy groups -OCH3 is 1. The first kappa shape index (κ1) is 14.2. The number of likely N-dealkylation sites (tertiary alicyclic amines) is 1. The van der Waals surface area contributed by atoms with Crippen molar-refractivity contribution in [3.05, 3.63) is 23.8 Å². The summed E-state index contributed by atoms with van der Waals surface area (Å²) in [5.41, 5.74) is 0.804. The van der Waals surface area contributed by atoms with Crippen molar-refractivity contribution in [1.82, 2.24) is 4.90 Å². The summed E-state index contributed by atoms with van der Waals surface area (Å²) in [5, 5.41) is 18.8. The van der Waals surface area contributed by atoms with Gasteiger partial charge in [0.15, 0.2) is 11.5 Å². The number of nitrogens with zero attached hydrogens (tertiary/aromatic N) is 2. The molecule has 20 heavy (non-hydrogen) atoms. The number of aromatic hydroxyl groups is 1. The molecule has 1 N–H and O–H groups in total. The minimum Gasteiger partial charge on any atom is -0.504 e. The Morgan fingerprint density at radius 3 is 2.80 bits per heavy atom. The SMILES string of the molecule is COc1cc(CC(C#N)C(=O)N2CCCC2)ccc1O. The zero-order valence-electron chi connectivity index (χ0n) is 11.5. The Morgan fingerprint density at radius 1 is 1.50 bits per heavy atom. The third kappa shape index (κ3) is 3.02. The smallest absolute Gasteiger partial charge is 0.240 e. The highest BCUT2D eigenvalue weighted by Crippen LogP contribution is 2.27. The molecule has 1 aromatic rings. The molecule has 0 saturated carbocycles. The molecule has 1 saturated heterocycles. The van der Waals surface area contributed by atoms with Crippen LogP contribution < -0.4 is 4.74 Å². The van der Waals surface area contributed by atoms with E-state index < -0.39 is 5.92 Å². The van der Waals surface area contributed by atoms with Crippen LogP contribution in [0.3, 0.4) is 0 Å². The van der Waals surface area contributed by atoms with Gasteiger partial charge in [0, 0.05) is 13.1 Å². The molecular weight excluding hydrogens is 256 g/mol. The number of hydrogen-bond donors (Lipinski definition) is 1. The maximum absolute atomic E-state index is 12.2. The first-order valence-electron chi connectivity index (χ1n) is 6.70. The predicted octanol–water partition coefficient (Wildman–Crippen LogP) is 1.71. The summed E-state index contributed by atoms with van der Waals surface area (Å²) in [5.74, 6) is -0.372. The molecule has 1 aliphatic heterocycles. The van der Waals surface area contributed by atoms with Crippen LogP contribution in [0.1, 0.15) is 18.4 Å². The molecule has 5 nitrogen and oxygen atoms in total. The molecule has 1 amide bonds. The molecule has 1 unspecified atom stereocenters. The minimum atomic E-state index is -0.678. The van der Waals surface area contributed by atoms with Gasteiger partial charge in [-0.1, -0.05) is 6.07 Å². The van der Waals surface area contributed by atoms with Gasteiger partial charge in [-0.2, -0.15) is 5.26 Å². The van der Waals surface area contributed by atoms with Crippen LogP contribution in [0.5, 0.6) is 11.5 Å². The molecule has 1 fully saturated rings. The third-order valence-electron chi connectivity index (χ3n) is 3.56. The monoisotopic (exact) mass is 274 g/mol. The third-order valence-corrected chi connectivity index (χ3v) is 3.56. The number of carbonyl (C=O) groups is 1. The van der Waals surface area contributed by atoms with Gasteiger partial charge >= 0.3 is 0 Å². The fourth-order valence-corrected chi connectivity index (χ4v) is 2.43. The summed E-state index contributed by atoms with van der Waals surface area (Å²) in [6.07, 6.45) is 2.36. The molecule has 5 heteroatoms. The largest absolute Gasteiger partial charge is 0.504 e. The fourth-order valence-electron chi connectivity index (χ4n) is 2.43. The van der Waals surface area contributed by atoms with Crippen molar-refractivity contribution >= 4 is 5.91 Å². The van der Waals surface area contributed by atoms with Gasteiger partial charge < -0.3 is 14.7 Å². The van der Waals surface area contributed by atoms with Gasteiger partial charge in [0.1, 0.15) is 5.92 Å². The average Bonchev–Trinajstić information content (AvgIpc) is 2.99. The number of benzene rings is 1. The average molecular weight is 274 g/mol. The van der Waals surface area contributed by atoms with Gasteiger partial charge in [0.05, 0.1) is 13.2 Å². The number of amides is 1. The van der Waals surface area contributed by atoms with Gasteiger partial charge in [0.2, 0.25) is 5.91 Å². The number of ether oxygens (including phenoxy) is 1. The van der Waals surface area contributed by atoms with E-state index in [9.17, 15) is 15.2 Å². The Labute approximate surface area is 118 Å². The van der Waals surface area contributed by atoms with Gasteiger partial charge in [0.25, 0.3) is 0 Å². The highest BCUT2D eigenvalue weighted by Gasteiger charge is 2.26. The zero-order chi connectivity index (χ0) is 14.5. The first-order chi connectivity index (χ1) is 9.65. The van der Waals surface area contributed by atoms with E-state index in [-0.39, 0.29) is 11.7 Å². The van der Waals surface area contributed by atoms with Gasteiger partial charge in [-0.05, 0) is 37.0 Å². The summed E-state index contributed by atoms with van der Waals surface area (Å²) in [4.78, 5) is 14.0. The van der Waals surface area contributed by atoms with Crippen LogP contribution in [-0.2, 0) is 11.2 Å². The van der Waals surface area contributed by atoms with E-state index in [1.807, 2.05) is 0 Å². The summed E-state index contributed by atoms with van der Waals surface area (Å²) < 4.78 is 5.03. The van der Waals surface area contributed by atoms with E-state index in [1.54, 1.807) is 17.0 Å². The van der Waals surface area contributed by atoms with Crippen LogP contribution in [0, 0.1) is 17.2 Å². The number of phenolic OH excluding ortho intramolecular Hbond substituents is 1. The van der Waals surface area contributed by atoms with E-state index in [0.717, 1.165) is 31.5 Å². The van der Waals surface area contributed by atoms with E-state index >= 15 is 0 Å². The zero-order valence-corrected chi connectivity index (χ0v) is 11.5. The van der Waals surface area contributed by atoms with Crippen molar-refractivity contribution in [2.45, 2.75) is 19.3 Å². The van der Waals surface area contributed by atoms with Crippen molar-refractivity contribution in [2.75, 3.05) is 20.2 Å². The van der Waals surface area contributed by atoms with Crippen molar-refractivity contribution in [1.29, 1.82) is 5.26 Å². The van der Waals surface area contributed by atoms with Gasteiger partial charge in [-0.15, -0.1) is 0 Å². The topological polar surface area (TPSA) is 73.6 Å². The van der Waals surface area contributed by atoms with Crippen LogP contribution in [-0.4, -0.2) is 36.1 Å². The molecule has 106 valence electrons. The van der Waals surface area contributed by atoms with Crippen LogP contribution in [0.25, 0.3) is 0 Å². The van der Waals surface area contributed by atoms with Crippen molar-refractivity contribution < 1.29 is 14.6 Å². The molecule has 0 radical (unpaired) electrons. The summed E-state index contributed by atoms with van der Waals surface area (Å²) in [6, 6.07) is 6.97. The second-order valence-electron chi connectivity index (χ2n) is 4.92. The molecule has 0 aromatic heterocycles. The van der Waals surface area contributed by atoms with Crippen LogP contribution in [0.2, 0.25) is 0 Å². The standard InChI is InChI=1S/C15H18N2O3/c1-20-14-9-11(4-5-13(14)18)8-12(10-16)15(19)17-6-2-3-7-17/h4-5,9,12,18H,2-3,6-8H2,1H3. The Morgan fingerprint density at radius 2 is 2.20 bits per heavy atom. The highest BCUT2D eigenvalue weighted by molar-refractivity contribution is 5.81. The molecular formula is C15H18N2O3. The number of nitriles is 1. The number of hydrogen-bond acceptors (Lipinski definition) is 4. The summed E-state index contributed by atoms with van der Waals surface area (Å²) in [7, 11) is 1.47. The van der Waals surface area contributed by atoms with E-state index in [0.29, 0.717) is 12.2 Å². The Hall–Kier alpha value is -2.22. The number of rotatable bonds is 4. The maximum atomic E-state index is 12.2. The molecule has 1 aliphatic rings. The molecule has 0 aliphatic carbocycles. The Balaban J connectivity index is 2.10. The molecule has 1 heterocycles. The van der Waals surface area contributed by atoms with E-state index in [2.05, 4.69) is 6.07 Å². The lowest BCUT2D eigenvalue weighted by atomic mass is 9.99. The molecule has 1 aromatic carbocycles. The molecule has 0 bridgehead atoms. The fraction of sp³-hybridized carbons (Fsp3) is 0.467. The van der Waals surface area contributed by atoms with E-state index in [1.165, 1.54) is 13.2 Å². The lowest BCUT2D eigenvalue weighted by molar-refractivity contribution is -0.132. The Bertz CT molecular complexity index is 530. The minimum absolute atomic E-state index is 0.0515. The van der Waals surface area contributed by atoms with E-state index in [4.69, 9.17) is 4.74 Å². The lowest BCUT2D eigenvalue weighted by Gasteiger charge is -2.19. The maximum Gasteiger partial charge on any atom is 0.240 e. The van der Waals surface area contributed by atoms with Crippen LogP contribution >= 0.6 is 0 Å². The van der Waals surface area contributed by atoms with Crippen molar-refractivity contribution in [3.8, 4) is 17.6 Å². The predicted molar refractivity (Wildman–Crippen MR) is 73.3 cm³/mol. The van der Waals surface area contributed by atoms with Crippen molar-refractivity contribution in [3.63, 3.8) is 0 Å². The molecule has 1 atom stereocenters. The normalized spacial score (nSPS) is 15.7. The van der Waals surface area contributed by atoms with Crippen molar-refractivity contribution in [2.24, 2.45) is 5.92 Å². The van der Waals surface area contributed by atoms with Crippen LogP contribution in [0.15, 0.2) is 18.2 Å². The summed E-state index contributed by atoms with van der Waals surface area (Å²) in [6.45, 7) is 1.49. The highest BCUT2D eigenvalue weighted by atomic mass is 16.5. The lowest BCUT2D eigenvalue weighted by Crippen LogP contribution is -2.34. The quantitative estimate of drug-likeness (QED) is 0.907.